The maximum absolute atomic E-state index is 10.9. The van der Waals surface area contributed by atoms with Crippen molar-refractivity contribution < 1.29 is 9.90 Å². The minimum atomic E-state index is -0.904. The molecular formula is C18H20N2O2. The molecule has 0 saturated carbocycles. The number of likely N-dealkylation sites (N-methyl/N-ethyl adjacent to an activating group) is 1. The molecule has 1 atom stereocenters. The number of nitrogens with zero attached hydrogens (tertiary/aromatic N) is 2. The molecule has 4 nitrogen and oxygen atoms in total. The molecule has 2 heterocycles. The molecule has 1 N–H and O–H groups in total. The fourth-order valence-corrected chi connectivity index (χ4v) is 3.03. The molecule has 1 aliphatic rings. The van der Waals surface area contributed by atoms with Crippen molar-refractivity contribution in [2.24, 2.45) is 0 Å². The predicted molar refractivity (Wildman–Crippen MR) is 86.1 cm³/mol. The number of carboxylic acid groups (broad SMARTS) is 1. The lowest BCUT2D eigenvalue weighted by Crippen LogP contribution is -2.31. The Hall–Kier alpha value is -2.20. The fourth-order valence-electron chi connectivity index (χ4n) is 3.03. The van der Waals surface area contributed by atoms with Crippen LogP contribution in [0.2, 0.25) is 0 Å². The molecule has 22 heavy (non-hydrogen) atoms. The van der Waals surface area contributed by atoms with Crippen LogP contribution in [0.25, 0.3) is 11.3 Å². The average Bonchev–Trinajstić information content (AvgIpc) is 2.55. The van der Waals surface area contributed by atoms with Crippen LogP contribution in [0.1, 0.15) is 34.8 Å². The van der Waals surface area contributed by atoms with Crippen molar-refractivity contribution in [1.29, 1.82) is 0 Å². The van der Waals surface area contributed by atoms with Crippen molar-refractivity contribution in [3.63, 3.8) is 0 Å². The van der Waals surface area contributed by atoms with Crippen LogP contribution in [-0.4, -0.2) is 41.1 Å². The molecule has 0 aliphatic carbocycles. The molecule has 0 radical (unpaired) electrons. The first-order chi connectivity index (χ1) is 10.6. The first-order valence-electron chi connectivity index (χ1n) is 7.63. The summed E-state index contributed by atoms with van der Waals surface area (Å²) in [4.78, 5) is 18.1. The fraction of sp³-hybridized carbons (Fsp3) is 0.333. The molecule has 1 fully saturated rings. The van der Waals surface area contributed by atoms with E-state index in [9.17, 15) is 4.79 Å². The number of aromatic carboxylic acids is 1. The first kappa shape index (κ1) is 14.7. The second-order valence-electron chi connectivity index (χ2n) is 5.93. The molecule has 1 aromatic carbocycles. The van der Waals surface area contributed by atoms with Crippen molar-refractivity contribution in [1.82, 2.24) is 9.88 Å². The lowest BCUT2D eigenvalue weighted by molar-refractivity contribution is 0.0697. The van der Waals surface area contributed by atoms with Crippen molar-refractivity contribution in [3.8, 4) is 11.3 Å². The van der Waals surface area contributed by atoms with E-state index in [0.717, 1.165) is 30.0 Å². The van der Waals surface area contributed by atoms with Gasteiger partial charge in [0.1, 0.15) is 0 Å². The topological polar surface area (TPSA) is 53.4 Å². The zero-order chi connectivity index (χ0) is 15.5. The molecule has 3 rings (SSSR count). The van der Waals surface area contributed by atoms with Gasteiger partial charge < -0.3 is 10.0 Å². The molecule has 114 valence electrons. The Bertz CT molecular complexity index is 667. The normalized spacial score (nSPS) is 19.0. The second-order valence-corrected chi connectivity index (χ2v) is 5.93. The van der Waals surface area contributed by atoms with Gasteiger partial charge in [0.15, 0.2) is 0 Å². The van der Waals surface area contributed by atoms with Crippen LogP contribution < -0.4 is 0 Å². The summed E-state index contributed by atoms with van der Waals surface area (Å²) >= 11 is 0. The third-order valence-electron chi connectivity index (χ3n) is 4.24. The van der Waals surface area contributed by atoms with E-state index in [4.69, 9.17) is 10.1 Å². The number of likely N-dealkylation sites (tertiary alicyclic amines) is 1. The zero-order valence-electron chi connectivity index (χ0n) is 12.7. The summed E-state index contributed by atoms with van der Waals surface area (Å²) in [5.41, 5.74) is 3.29. The summed E-state index contributed by atoms with van der Waals surface area (Å²) in [6.07, 6.45) is 2.39. The molecule has 0 bridgehead atoms. The Labute approximate surface area is 130 Å². The monoisotopic (exact) mass is 296 g/mol. The number of carboxylic acids is 1. The summed E-state index contributed by atoms with van der Waals surface area (Å²) in [6.45, 7) is 2.21. The Morgan fingerprint density at radius 1 is 1.23 bits per heavy atom. The van der Waals surface area contributed by atoms with Crippen LogP contribution in [0, 0.1) is 0 Å². The number of benzene rings is 1. The minimum Gasteiger partial charge on any atom is -0.478 e. The van der Waals surface area contributed by atoms with Gasteiger partial charge in [0.05, 0.1) is 11.3 Å². The Kier molecular flexibility index (Phi) is 4.20. The van der Waals surface area contributed by atoms with E-state index < -0.39 is 5.97 Å². The van der Waals surface area contributed by atoms with Crippen molar-refractivity contribution in [2.75, 3.05) is 20.1 Å². The standard InChI is InChI=1S/C18H20N2O2/c1-20-11-3-4-15(12-20)17-6-2-5-16(19-17)13-7-9-14(10-8-13)18(21)22/h2,5-10,15H,3-4,11-12H2,1H3,(H,21,22)/t15-/m0/s1. The molecular weight excluding hydrogens is 276 g/mol. The van der Waals surface area contributed by atoms with E-state index >= 15 is 0 Å². The third kappa shape index (κ3) is 3.17. The highest BCUT2D eigenvalue weighted by Gasteiger charge is 2.20. The lowest BCUT2D eigenvalue weighted by atomic mass is 9.94. The SMILES string of the molecule is CN1CCC[C@H](c2cccc(-c3ccc(C(=O)O)cc3)n2)C1. The summed E-state index contributed by atoms with van der Waals surface area (Å²) < 4.78 is 0. The third-order valence-corrected chi connectivity index (χ3v) is 4.24. The van der Waals surface area contributed by atoms with Gasteiger partial charge in [-0.25, -0.2) is 4.79 Å². The molecule has 4 heteroatoms. The van der Waals surface area contributed by atoms with Crippen LogP contribution in [0.5, 0.6) is 0 Å². The van der Waals surface area contributed by atoms with Gasteiger partial charge in [0, 0.05) is 23.7 Å². The van der Waals surface area contributed by atoms with E-state index in [1.807, 2.05) is 24.3 Å². The molecule has 0 unspecified atom stereocenters. The van der Waals surface area contributed by atoms with Crippen LogP contribution in [0.15, 0.2) is 42.5 Å². The van der Waals surface area contributed by atoms with Gasteiger partial charge >= 0.3 is 5.97 Å². The maximum Gasteiger partial charge on any atom is 0.335 e. The number of hydrogen-bond donors (Lipinski definition) is 1. The summed E-state index contributed by atoms with van der Waals surface area (Å²) in [5, 5.41) is 8.97. The minimum absolute atomic E-state index is 0.300. The van der Waals surface area contributed by atoms with Gasteiger partial charge in [-0.15, -0.1) is 0 Å². The van der Waals surface area contributed by atoms with Crippen molar-refractivity contribution in [2.45, 2.75) is 18.8 Å². The van der Waals surface area contributed by atoms with Crippen molar-refractivity contribution in [3.05, 3.63) is 53.7 Å². The van der Waals surface area contributed by atoms with E-state index in [-0.39, 0.29) is 0 Å². The van der Waals surface area contributed by atoms with E-state index in [2.05, 4.69) is 18.0 Å². The lowest BCUT2D eigenvalue weighted by Gasteiger charge is -2.29. The highest BCUT2D eigenvalue weighted by atomic mass is 16.4. The highest BCUT2D eigenvalue weighted by Crippen LogP contribution is 2.27. The number of rotatable bonds is 3. The molecule has 0 amide bonds. The number of pyridine rings is 1. The van der Waals surface area contributed by atoms with Gasteiger partial charge in [0.25, 0.3) is 0 Å². The summed E-state index contributed by atoms with van der Waals surface area (Å²) in [5.74, 6) is -0.421. The Balaban J connectivity index is 1.85. The number of hydrogen-bond acceptors (Lipinski definition) is 3. The number of aromatic nitrogens is 1. The van der Waals surface area contributed by atoms with Crippen molar-refractivity contribution >= 4 is 5.97 Å². The average molecular weight is 296 g/mol. The molecule has 1 aliphatic heterocycles. The highest BCUT2D eigenvalue weighted by molar-refractivity contribution is 5.88. The van der Waals surface area contributed by atoms with Crippen LogP contribution in [-0.2, 0) is 0 Å². The van der Waals surface area contributed by atoms with Crippen LogP contribution in [0.4, 0.5) is 0 Å². The van der Waals surface area contributed by atoms with Crippen LogP contribution in [0.3, 0.4) is 0 Å². The predicted octanol–water partition coefficient (Wildman–Crippen LogP) is 3.26. The Morgan fingerprint density at radius 3 is 2.68 bits per heavy atom. The molecule has 2 aromatic rings. The largest absolute Gasteiger partial charge is 0.478 e. The molecule has 0 spiro atoms. The van der Waals surface area contributed by atoms with E-state index in [1.165, 1.54) is 12.8 Å². The van der Waals surface area contributed by atoms with Gasteiger partial charge in [-0.2, -0.15) is 0 Å². The van der Waals surface area contributed by atoms with Gasteiger partial charge in [-0.1, -0.05) is 18.2 Å². The quantitative estimate of drug-likeness (QED) is 0.944. The van der Waals surface area contributed by atoms with E-state index in [0.29, 0.717) is 11.5 Å². The van der Waals surface area contributed by atoms with Gasteiger partial charge in [-0.05, 0) is 50.7 Å². The molecule has 1 saturated heterocycles. The Morgan fingerprint density at radius 2 is 2.00 bits per heavy atom. The van der Waals surface area contributed by atoms with Crippen LogP contribution >= 0.6 is 0 Å². The second kappa shape index (κ2) is 6.28. The summed E-state index contributed by atoms with van der Waals surface area (Å²) in [6, 6.07) is 13.0. The first-order valence-corrected chi connectivity index (χ1v) is 7.63. The molecule has 1 aromatic heterocycles. The zero-order valence-corrected chi connectivity index (χ0v) is 12.7. The number of carbonyl (C=O) groups is 1. The summed E-state index contributed by atoms with van der Waals surface area (Å²) in [7, 11) is 2.15. The van der Waals surface area contributed by atoms with Gasteiger partial charge in [-0.3, -0.25) is 4.98 Å². The smallest absolute Gasteiger partial charge is 0.335 e. The maximum atomic E-state index is 10.9. The number of piperidine rings is 1. The van der Waals surface area contributed by atoms with E-state index in [1.54, 1.807) is 12.1 Å². The van der Waals surface area contributed by atoms with Gasteiger partial charge in [0.2, 0.25) is 0 Å².